The molecule has 4 heterocycles. The summed E-state index contributed by atoms with van der Waals surface area (Å²) in [4.78, 5) is 19.9. The summed E-state index contributed by atoms with van der Waals surface area (Å²) in [6, 6.07) is 2.21. The van der Waals surface area contributed by atoms with Crippen LogP contribution in [0.3, 0.4) is 0 Å². The Morgan fingerprint density at radius 3 is 2.73 bits per heavy atom. The van der Waals surface area contributed by atoms with Gasteiger partial charge in [-0.05, 0) is 72.3 Å². The van der Waals surface area contributed by atoms with Crippen LogP contribution < -0.4 is 5.32 Å². The molecule has 2 atom stereocenters. The van der Waals surface area contributed by atoms with Crippen molar-refractivity contribution in [2.24, 2.45) is 0 Å². The summed E-state index contributed by atoms with van der Waals surface area (Å²) in [6.07, 6.45) is 10.1. The molecule has 1 amide bonds. The van der Waals surface area contributed by atoms with E-state index >= 15 is 0 Å². The molecule has 5 rings (SSSR count). The van der Waals surface area contributed by atoms with Crippen LogP contribution in [0, 0.1) is 0 Å². The molecular formula is C29H43N7O4. The SMILES string of the molecule is COC[C@H](C)Nc1ncc2c(-c3cnn(C(C)(C)C(=O)N4CCCC(C)(O)C4)c3)cc([C@H]3CC[C@H](O)CC3)n2n1. The Morgan fingerprint density at radius 2 is 2.02 bits per heavy atom. The third-order valence-electron chi connectivity index (χ3n) is 8.40. The molecule has 0 radical (unpaired) electrons. The van der Waals surface area contributed by atoms with E-state index in [-0.39, 0.29) is 24.0 Å². The van der Waals surface area contributed by atoms with E-state index in [1.807, 2.05) is 37.7 Å². The lowest BCUT2D eigenvalue weighted by Crippen LogP contribution is -2.54. The van der Waals surface area contributed by atoms with E-state index in [1.54, 1.807) is 29.8 Å². The second kappa shape index (κ2) is 11.1. The van der Waals surface area contributed by atoms with Gasteiger partial charge in [0, 0.05) is 55.2 Å². The van der Waals surface area contributed by atoms with Crippen LogP contribution in [0.15, 0.2) is 24.7 Å². The number of likely N-dealkylation sites (tertiary alicyclic amines) is 1. The molecule has 1 saturated heterocycles. The monoisotopic (exact) mass is 553 g/mol. The fourth-order valence-electron chi connectivity index (χ4n) is 6.13. The van der Waals surface area contributed by atoms with E-state index in [1.165, 1.54) is 0 Å². The average Bonchev–Trinajstić information content (AvgIpc) is 3.54. The van der Waals surface area contributed by atoms with Crippen molar-refractivity contribution in [1.82, 2.24) is 29.3 Å². The van der Waals surface area contributed by atoms with Gasteiger partial charge in [0.15, 0.2) is 0 Å². The third-order valence-corrected chi connectivity index (χ3v) is 8.40. The summed E-state index contributed by atoms with van der Waals surface area (Å²) in [5.41, 5.74) is 1.98. The summed E-state index contributed by atoms with van der Waals surface area (Å²) >= 11 is 0. The number of carbonyl (C=O) groups excluding carboxylic acids is 1. The highest BCUT2D eigenvalue weighted by molar-refractivity contribution is 5.85. The molecule has 1 aliphatic carbocycles. The molecule has 0 bridgehead atoms. The van der Waals surface area contributed by atoms with E-state index in [9.17, 15) is 15.0 Å². The molecule has 1 aliphatic heterocycles. The van der Waals surface area contributed by atoms with Gasteiger partial charge >= 0.3 is 0 Å². The first-order valence-corrected chi connectivity index (χ1v) is 14.4. The van der Waals surface area contributed by atoms with E-state index < -0.39 is 11.1 Å². The largest absolute Gasteiger partial charge is 0.393 e. The molecule has 3 aromatic rings. The van der Waals surface area contributed by atoms with Crippen molar-refractivity contribution in [3.05, 3.63) is 30.4 Å². The molecule has 2 fully saturated rings. The lowest BCUT2D eigenvalue weighted by molar-refractivity contribution is -0.146. The predicted octanol–water partition coefficient (Wildman–Crippen LogP) is 3.17. The number of piperidine rings is 1. The number of β-amino-alcohol motifs (C(OH)–C–C–N with tert-alkyl or cyclic N) is 1. The van der Waals surface area contributed by atoms with Gasteiger partial charge in [0.1, 0.15) is 5.54 Å². The van der Waals surface area contributed by atoms with Crippen molar-refractivity contribution in [3.8, 4) is 11.1 Å². The molecule has 11 nitrogen and oxygen atoms in total. The molecule has 0 aromatic carbocycles. The first kappa shape index (κ1) is 28.5. The van der Waals surface area contributed by atoms with Crippen LogP contribution in [0.2, 0.25) is 0 Å². The fraction of sp³-hybridized carbons (Fsp3) is 0.655. The average molecular weight is 554 g/mol. The Balaban J connectivity index is 1.48. The normalized spacial score (nSPS) is 24.8. The van der Waals surface area contributed by atoms with E-state index in [0.717, 1.165) is 54.4 Å². The summed E-state index contributed by atoms with van der Waals surface area (Å²) < 4.78 is 8.94. The number of amides is 1. The molecule has 1 unspecified atom stereocenters. The highest BCUT2D eigenvalue weighted by Gasteiger charge is 2.39. The lowest BCUT2D eigenvalue weighted by atomic mass is 9.85. The zero-order chi connectivity index (χ0) is 28.7. The van der Waals surface area contributed by atoms with Crippen LogP contribution in [0.4, 0.5) is 5.95 Å². The van der Waals surface area contributed by atoms with Crippen LogP contribution in [-0.4, -0.2) is 90.0 Å². The molecule has 11 heteroatoms. The van der Waals surface area contributed by atoms with Gasteiger partial charge < -0.3 is 25.2 Å². The highest BCUT2D eigenvalue weighted by atomic mass is 16.5. The number of carbonyl (C=O) groups is 1. The van der Waals surface area contributed by atoms with Crippen LogP contribution in [0.1, 0.15) is 77.8 Å². The first-order chi connectivity index (χ1) is 19.0. The van der Waals surface area contributed by atoms with Crippen molar-refractivity contribution in [2.75, 3.05) is 32.1 Å². The summed E-state index contributed by atoms with van der Waals surface area (Å²) in [7, 11) is 1.67. The van der Waals surface area contributed by atoms with E-state index in [4.69, 9.17) is 9.84 Å². The number of aliphatic hydroxyl groups excluding tert-OH is 1. The van der Waals surface area contributed by atoms with Crippen molar-refractivity contribution < 1.29 is 19.7 Å². The predicted molar refractivity (Wildman–Crippen MR) is 152 cm³/mol. The molecule has 2 aliphatic rings. The van der Waals surface area contributed by atoms with Gasteiger partial charge in [-0.3, -0.25) is 9.48 Å². The quantitative estimate of drug-likeness (QED) is 0.388. The standard InChI is InChI=1S/C29H43N7O4/c1-19(17-40-5)32-27-30-15-25-23(13-24(36(25)33-27)20-7-9-22(37)10-8-20)21-14-31-35(16-21)28(2,3)26(38)34-12-6-11-29(4,39)18-34/h13-16,19-20,22,37,39H,6-12,17-18H2,1-5H3,(H,32,33)/t19-,20-,22-,29?/m0/s1. The number of aliphatic hydroxyl groups is 2. The van der Waals surface area contributed by atoms with E-state index in [0.29, 0.717) is 32.1 Å². The van der Waals surface area contributed by atoms with Gasteiger partial charge in [-0.25, -0.2) is 9.50 Å². The zero-order valence-corrected chi connectivity index (χ0v) is 24.3. The number of hydrogen-bond acceptors (Lipinski definition) is 8. The third kappa shape index (κ3) is 5.73. The van der Waals surface area contributed by atoms with Gasteiger partial charge in [0.2, 0.25) is 11.9 Å². The first-order valence-electron chi connectivity index (χ1n) is 14.4. The summed E-state index contributed by atoms with van der Waals surface area (Å²) in [6.45, 7) is 9.03. The van der Waals surface area contributed by atoms with Crippen molar-refractivity contribution in [1.29, 1.82) is 0 Å². The molecule has 3 aromatic heterocycles. The van der Waals surface area contributed by atoms with Crippen LogP contribution >= 0.6 is 0 Å². The minimum absolute atomic E-state index is 0.0485. The topological polar surface area (TPSA) is 130 Å². The smallest absolute Gasteiger partial charge is 0.250 e. The van der Waals surface area contributed by atoms with Gasteiger partial charge in [-0.2, -0.15) is 5.10 Å². The van der Waals surface area contributed by atoms with Crippen molar-refractivity contribution in [3.63, 3.8) is 0 Å². The highest BCUT2D eigenvalue weighted by Crippen LogP contribution is 2.38. The van der Waals surface area contributed by atoms with Gasteiger partial charge in [0.25, 0.3) is 0 Å². The Hall–Kier alpha value is -3.02. The second-order valence-corrected chi connectivity index (χ2v) is 12.4. The summed E-state index contributed by atoms with van der Waals surface area (Å²) in [5, 5.41) is 33.4. The number of rotatable bonds is 8. The molecular weight excluding hydrogens is 510 g/mol. The number of hydrogen-bond donors (Lipinski definition) is 3. The maximum atomic E-state index is 13.6. The van der Waals surface area contributed by atoms with Crippen LogP contribution in [0.5, 0.6) is 0 Å². The Morgan fingerprint density at radius 1 is 1.27 bits per heavy atom. The number of aromatic nitrogens is 5. The number of anilines is 1. The molecule has 3 N–H and O–H groups in total. The summed E-state index contributed by atoms with van der Waals surface area (Å²) in [5.74, 6) is 0.731. The Bertz CT molecular complexity index is 1340. The number of fused-ring (bicyclic) bond motifs is 1. The van der Waals surface area contributed by atoms with Crippen LogP contribution in [0.25, 0.3) is 16.6 Å². The lowest BCUT2D eigenvalue weighted by Gasteiger charge is -2.40. The van der Waals surface area contributed by atoms with Crippen LogP contribution in [-0.2, 0) is 15.1 Å². The minimum atomic E-state index is -0.922. The van der Waals surface area contributed by atoms with E-state index in [2.05, 4.69) is 21.5 Å². The Labute approximate surface area is 235 Å². The van der Waals surface area contributed by atoms with Gasteiger partial charge in [-0.15, -0.1) is 5.10 Å². The molecule has 1 saturated carbocycles. The van der Waals surface area contributed by atoms with Gasteiger partial charge in [0.05, 0.1) is 36.2 Å². The van der Waals surface area contributed by atoms with Crippen molar-refractivity contribution in [2.45, 2.75) is 95.4 Å². The number of nitrogens with zero attached hydrogens (tertiary/aromatic N) is 6. The number of ether oxygens (including phenoxy) is 1. The fourth-order valence-corrected chi connectivity index (χ4v) is 6.13. The van der Waals surface area contributed by atoms with Crippen molar-refractivity contribution >= 4 is 17.4 Å². The molecule has 40 heavy (non-hydrogen) atoms. The Kier molecular flexibility index (Phi) is 7.91. The number of methoxy groups -OCH3 is 1. The maximum Gasteiger partial charge on any atom is 0.250 e. The zero-order valence-electron chi connectivity index (χ0n) is 24.3. The molecule has 218 valence electrons. The second-order valence-electron chi connectivity index (χ2n) is 12.4. The maximum absolute atomic E-state index is 13.6. The number of nitrogens with one attached hydrogen (secondary N) is 1. The minimum Gasteiger partial charge on any atom is -0.393 e. The van der Waals surface area contributed by atoms with Gasteiger partial charge in [-0.1, -0.05) is 0 Å². The molecule has 0 spiro atoms.